The Balaban J connectivity index is 2.60. The summed E-state index contributed by atoms with van der Waals surface area (Å²) in [7, 11) is 1.74. The zero-order chi connectivity index (χ0) is 15.0. The molecule has 0 amide bonds. The lowest BCUT2D eigenvalue weighted by Crippen LogP contribution is -2.30. The number of nitrogens with one attached hydrogen (secondary N) is 1. The molecule has 0 aliphatic carbocycles. The van der Waals surface area contributed by atoms with Crippen LogP contribution < -0.4 is 5.32 Å². The number of nitrogens with zero attached hydrogens (tertiary/aromatic N) is 1. The van der Waals surface area contributed by atoms with Crippen molar-refractivity contribution in [3.05, 3.63) is 34.3 Å². The predicted molar refractivity (Wildman–Crippen MR) is 83.3 cm³/mol. The van der Waals surface area contributed by atoms with Gasteiger partial charge in [0.25, 0.3) is 6.43 Å². The maximum Gasteiger partial charge on any atom is 0.251 e. The van der Waals surface area contributed by atoms with E-state index in [1.165, 1.54) is 5.56 Å². The van der Waals surface area contributed by atoms with Crippen LogP contribution in [0.25, 0.3) is 0 Å². The lowest BCUT2D eigenvalue weighted by molar-refractivity contribution is 0.0984. The minimum absolute atomic E-state index is 0.168. The monoisotopic (exact) mass is 348 g/mol. The summed E-state index contributed by atoms with van der Waals surface area (Å²) in [4.78, 5) is 1.68. The Labute approximate surface area is 128 Å². The Hall–Kier alpha value is -0.520. The molecule has 5 heteroatoms. The molecule has 1 unspecified atom stereocenters. The molecule has 0 radical (unpaired) electrons. The number of benzene rings is 1. The van der Waals surface area contributed by atoms with Crippen molar-refractivity contribution in [3.8, 4) is 0 Å². The van der Waals surface area contributed by atoms with E-state index in [1.807, 2.05) is 12.1 Å². The van der Waals surface area contributed by atoms with Gasteiger partial charge in [-0.3, -0.25) is 0 Å². The van der Waals surface area contributed by atoms with Crippen LogP contribution in [0.1, 0.15) is 31.4 Å². The smallest absolute Gasteiger partial charge is 0.251 e. The van der Waals surface area contributed by atoms with Gasteiger partial charge in [0.2, 0.25) is 0 Å². The van der Waals surface area contributed by atoms with Crippen molar-refractivity contribution < 1.29 is 8.78 Å². The molecule has 20 heavy (non-hydrogen) atoms. The van der Waals surface area contributed by atoms with Crippen LogP contribution in [0, 0.1) is 0 Å². The molecular weight excluding hydrogens is 326 g/mol. The van der Waals surface area contributed by atoms with E-state index in [1.54, 1.807) is 11.9 Å². The molecule has 1 rings (SSSR count). The highest BCUT2D eigenvalue weighted by Crippen LogP contribution is 2.21. The minimum atomic E-state index is -2.27. The second-order valence-corrected chi connectivity index (χ2v) is 5.92. The molecule has 1 atom stereocenters. The Morgan fingerprint density at radius 2 is 2.10 bits per heavy atom. The fourth-order valence-corrected chi connectivity index (χ4v) is 2.52. The van der Waals surface area contributed by atoms with Crippen molar-refractivity contribution in [2.24, 2.45) is 0 Å². The molecule has 0 spiro atoms. The van der Waals surface area contributed by atoms with Gasteiger partial charge >= 0.3 is 0 Å². The van der Waals surface area contributed by atoms with Crippen molar-refractivity contribution in [2.75, 3.05) is 26.7 Å². The molecule has 114 valence electrons. The Kier molecular flexibility index (Phi) is 8.26. The number of rotatable bonds is 9. The number of hydrogen-bond acceptors (Lipinski definition) is 2. The molecule has 1 aromatic rings. The average molecular weight is 349 g/mol. The second-order valence-electron chi connectivity index (χ2n) is 5.00. The van der Waals surface area contributed by atoms with Crippen LogP contribution in [0.5, 0.6) is 0 Å². The van der Waals surface area contributed by atoms with Gasteiger partial charge in [0.1, 0.15) is 0 Å². The normalized spacial score (nSPS) is 13.2. The van der Waals surface area contributed by atoms with Crippen molar-refractivity contribution in [1.82, 2.24) is 10.2 Å². The van der Waals surface area contributed by atoms with E-state index in [0.29, 0.717) is 6.54 Å². The third-order valence-corrected chi connectivity index (χ3v) is 3.63. The first kappa shape index (κ1) is 17.5. The molecule has 0 aromatic heterocycles. The molecule has 0 bridgehead atoms. The first-order valence-electron chi connectivity index (χ1n) is 6.98. The molecular formula is C15H23BrF2N2. The largest absolute Gasteiger partial charge is 0.310 e. The first-order chi connectivity index (χ1) is 9.52. The fraction of sp³-hybridized carbons (Fsp3) is 0.600. The molecule has 0 aliphatic heterocycles. The average Bonchev–Trinajstić information content (AvgIpc) is 2.38. The summed E-state index contributed by atoms with van der Waals surface area (Å²) >= 11 is 3.47. The van der Waals surface area contributed by atoms with Crippen LogP contribution in [0.3, 0.4) is 0 Å². The van der Waals surface area contributed by atoms with E-state index in [9.17, 15) is 8.78 Å². The van der Waals surface area contributed by atoms with E-state index < -0.39 is 6.43 Å². The van der Waals surface area contributed by atoms with Gasteiger partial charge in [-0.05, 0) is 50.7 Å². The summed E-state index contributed by atoms with van der Waals surface area (Å²) < 4.78 is 25.7. The van der Waals surface area contributed by atoms with Crippen molar-refractivity contribution in [3.63, 3.8) is 0 Å². The molecule has 1 aromatic carbocycles. The third kappa shape index (κ3) is 6.77. The fourth-order valence-electron chi connectivity index (χ4n) is 2.10. The summed E-state index contributed by atoms with van der Waals surface area (Å²) in [6, 6.07) is 8.35. The maximum absolute atomic E-state index is 12.3. The summed E-state index contributed by atoms with van der Waals surface area (Å²) in [6.45, 7) is 3.53. The van der Waals surface area contributed by atoms with Gasteiger partial charge in [0, 0.05) is 10.5 Å². The quantitative estimate of drug-likeness (QED) is 0.723. The standard InChI is InChI=1S/C15H23BrF2N2/c1-3-8-19-14(7-9-20(2)11-15(17)18)12-5-4-6-13(16)10-12/h4-6,10,14-15,19H,3,7-9,11H2,1-2H3. The molecule has 2 nitrogen and oxygen atoms in total. The highest BCUT2D eigenvalue weighted by atomic mass is 79.9. The van der Waals surface area contributed by atoms with E-state index in [2.05, 4.69) is 40.3 Å². The number of alkyl halides is 2. The van der Waals surface area contributed by atoms with E-state index in [-0.39, 0.29) is 12.6 Å². The van der Waals surface area contributed by atoms with Crippen LogP contribution in [-0.4, -0.2) is 38.0 Å². The summed E-state index contributed by atoms with van der Waals surface area (Å²) in [5.41, 5.74) is 1.19. The highest BCUT2D eigenvalue weighted by molar-refractivity contribution is 9.10. The second kappa shape index (κ2) is 9.42. The number of halogens is 3. The van der Waals surface area contributed by atoms with Gasteiger partial charge in [-0.25, -0.2) is 8.78 Å². The zero-order valence-corrected chi connectivity index (χ0v) is 13.7. The summed E-state index contributed by atoms with van der Waals surface area (Å²) in [5.74, 6) is 0. The maximum atomic E-state index is 12.3. The lowest BCUT2D eigenvalue weighted by atomic mass is 10.0. The molecule has 1 N–H and O–H groups in total. The lowest BCUT2D eigenvalue weighted by Gasteiger charge is -2.23. The topological polar surface area (TPSA) is 15.3 Å². The molecule has 0 saturated carbocycles. The zero-order valence-electron chi connectivity index (χ0n) is 12.1. The minimum Gasteiger partial charge on any atom is -0.310 e. The molecule has 0 saturated heterocycles. The van der Waals surface area contributed by atoms with Gasteiger partial charge in [0.15, 0.2) is 0 Å². The van der Waals surface area contributed by atoms with Crippen molar-refractivity contribution in [1.29, 1.82) is 0 Å². The number of hydrogen-bond donors (Lipinski definition) is 1. The van der Waals surface area contributed by atoms with Gasteiger partial charge in [-0.2, -0.15) is 0 Å². The van der Waals surface area contributed by atoms with Crippen molar-refractivity contribution in [2.45, 2.75) is 32.2 Å². The van der Waals surface area contributed by atoms with Crippen LogP contribution in [0.4, 0.5) is 8.78 Å². The molecule has 0 heterocycles. The summed E-state index contributed by atoms with van der Waals surface area (Å²) in [6.07, 6.45) is -0.398. The van der Waals surface area contributed by atoms with Crippen LogP contribution >= 0.6 is 15.9 Å². The summed E-state index contributed by atoms with van der Waals surface area (Å²) in [5, 5.41) is 3.49. The Morgan fingerprint density at radius 1 is 1.35 bits per heavy atom. The molecule has 0 aliphatic rings. The van der Waals surface area contributed by atoms with E-state index in [4.69, 9.17) is 0 Å². The SMILES string of the molecule is CCCNC(CCN(C)CC(F)F)c1cccc(Br)c1. The van der Waals surface area contributed by atoms with E-state index in [0.717, 1.165) is 23.9 Å². The van der Waals surface area contributed by atoms with Crippen LogP contribution in [0.2, 0.25) is 0 Å². The highest BCUT2D eigenvalue weighted by Gasteiger charge is 2.14. The van der Waals surface area contributed by atoms with E-state index >= 15 is 0 Å². The Bertz CT molecular complexity index is 388. The predicted octanol–water partition coefficient (Wildman–Crippen LogP) is 4.08. The van der Waals surface area contributed by atoms with Gasteiger partial charge < -0.3 is 10.2 Å². The Morgan fingerprint density at radius 3 is 2.70 bits per heavy atom. The van der Waals surface area contributed by atoms with Gasteiger partial charge in [-0.15, -0.1) is 0 Å². The van der Waals surface area contributed by atoms with Crippen LogP contribution in [0.15, 0.2) is 28.7 Å². The third-order valence-electron chi connectivity index (χ3n) is 3.14. The van der Waals surface area contributed by atoms with Gasteiger partial charge in [0.05, 0.1) is 6.54 Å². The van der Waals surface area contributed by atoms with Gasteiger partial charge in [-0.1, -0.05) is 35.0 Å². The molecule has 0 fully saturated rings. The van der Waals surface area contributed by atoms with Crippen LogP contribution in [-0.2, 0) is 0 Å². The van der Waals surface area contributed by atoms with Crippen molar-refractivity contribution >= 4 is 15.9 Å². The first-order valence-corrected chi connectivity index (χ1v) is 7.77.